The van der Waals surface area contributed by atoms with E-state index in [4.69, 9.17) is 15.7 Å². The van der Waals surface area contributed by atoms with E-state index < -0.39 is 5.41 Å². The van der Waals surface area contributed by atoms with Crippen molar-refractivity contribution in [3.05, 3.63) is 0 Å². The topological polar surface area (TPSA) is 88.2 Å². The summed E-state index contributed by atoms with van der Waals surface area (Å²) in [5.41, 5.74) is 4.92. The molecule has 3 N–H and O–H groups in total. The smallest absolute Gasteiger partial charge is 0.236 e. The molecule has 6 heteroatoms. The molecule has 0 radical (unpaired) electrons. The summed E-state index contributed by atoms with van der Waals surface area (Å²) in [7, 11) is 1.68. The monoisotopic (exact) mass is 285 g/mol. The van der Waals surface area contributed by atoms with E-state index in [-0.39, 0.29) is 11.7 Å². The number of amides is 1. The van der Waals surface area contributed by atoms with Crippen LogP contribution in [0, 0.1) is 11.3 Å². The van der Waals surface area contributed by atoms with Crippen molar-refractivity contribution in [2.75, 3.05) is 26.8 Å². The van der Waals surface area contributed by atoms with E-state index in [9.17, 15) is 4.79 Å². The van der Waals surface area contributed by atoms with Crippen LogP contribution in [0.5, 0.6) is 0 Å². The van der Waals surface area contributed by atoms with Crippen molar-refractivity contribution < 1.29 is 14.7 Å². The van der Waals surface area contributed by atoms with Gasteiger partial charge in [0.25, 0.3) is 0 Å². The Morgan fingerprint density at radius 2 is 2.15 bits per heavy atom. The third kappa shape index (κ3) is 3.23. The van der Waals surface area contributed by atoms with Gasteiger partial charge < -0.3 is 20.6 Å². The third-order valence-corrected chi connectivity index (χ3v) is 4.42. The minimum atomic E-state index is -0.885. The van der Waals surface area contributed by atoms with Crippen LogP contribution < -0.4 is 5.73 Å². The van der Waals surface area contributed by atoms with Gasteiger partial charge in [-0.1, -0.05) is 19.0 Å². The number of nitrogens with zero attached hydrogens (tertiary/aromatic N) is 2. The SMILES string of the molecule is CCC(CC)(C(=O)N1CCCC(COC)C1)C(N)=NO. The maximum Gasteiger partial charge on any atom is 0.236 e. The van der Waals surface area contributed by atoms with Crippen LogP contribution in [0.1, 0.15) is 39.5 Å². The normalized spacial score (nSPS) is 21.1. The van der Waals surface area contributed by atoms with E-state index in [1.54, 1.807) is 7.11 Å². The number of likely N-dealkylation sites (tertiary alicyclic amines) is 1. The fourth-order valence-corrected chi connectivity index (χ4v) is 3.04. The highest BCUT2D eigenvalue weighted by Gasteiger charge is 2.43. The average molecular weight is 285 g/mol. The van der Waals surface area contributed by atoms with Gasteiger partial charge >= 0.3 is 0 Å². The lowest BCUT2D eigenvalue weighted by atomic mass is 9.79. The van der Waals surface area contributed by atoms with Gasteiger partial charge in [0.15, 0.2) is 5.84 Å². The van der Waals surface area contributed by atoms with Crippen molar-refractivity contribution in [1.82, 2.24) is 4.90 Å². The van der Waals surface area contributed by atoms with Gasteiger partial charge in [0.2, 0.25) is 5.91 Å². The van der Waals surface area contributed by atoms with Gasteiger partial charge in [-0.25, -0.2) is 0 Å². The number of oxime groups is 1. The molecule has 20 heavy (non-hydrogen) atoms. The van der Waals surface area contributed by atoms with Gasteiger partial charge in [0.1, 0.15) is 5.41 Å². The zero-order chi connectivity index (χ0) is 15.2. The zero-order valence-corrected chi connectivity index (χ0v) is 12.8. The van der Waals surface area contributed by atoms with Crippen molar-refractivity contribution in [2.45, 2.75) is 39.5 Å². The molecule has 1 aliphatic rings. The van der Waals surface area contributed by atoms with Gasteiger partial charge in [-0.2, -0.15) is 0 Å². The third-order valence-electron chi connectivity index (χ3n) is 4.42. The molecule has 116 valence electrons. The number of amidine groups is 1. The second kappa shape index (κ2) is 7.47. The van der Waals surface area contributed by atoms with Gasteiger partial charge in [0.05, 0.1) is 6.61 Å². The fraction of sp³-hybridized carbons (Fsp3) is 0.857. The summed E-state index contributed by atoms with van der Waals surface area (Å²) in [6.45, 7) is 5.89. The van der Waals surface area contributed by atoms with Gasteiger partial charge in [-0.3, -0.25) is 4.79 Å². The highest BCUT2D eigenvalue weighted by atomic mass is 16.5. The van der Waals surface area contributed by atoms with Crippen molar-refractivity contribution in [3.63, 3.8) is 0 Å². The van der Waals surface area contributed by atoms with E-state index in [0.29, 0.717) is 31.9 Å². The number of hydrogen-bond donors (Lipinski definition) is 2. The molecule has 0 aromatic carbocycles. The van der Waals surface area contributed by atoms with Crippen LogP contribution in [0.3, 0.4) is 0 Å². The first-order valence-corrected chi connectivity index (χ1v) is 7.32. The number of nitrogens with two attached hydrogens (primary N) is 1. The van der Waals surface area contributed by atoms with E-state index >= 15 is 0 Å². The number of ether oxygens (including phenoxy) is 1. The summed E-state index contributed by atoms with van der Waals surface area (Å²) in [6.07, 6.45) is 3.11. The molecule has 0 spiro atoms. The van der Waals surface area contributed by atoms with Crippen LogP contribution in [0.15, 0.2) is 5.16 Å². The first kappa shape index (κ1) is 16.8. The molecule has 0 aromatic heterocycles. The Bertz CT molecular complexity index is 352. The van der Waals surface area contributed by atoms with Gasteiger partial charge in [-0.05, 0) is 31.6 Å². The highest BCUT2D eigenvalue weighted by Crippen LogP contribution is 2.31. The number of methoxy groups -OCH3 is 1. The Labute approximate surface area is 120 Å². The van der Waals surface area contributed by atoms with E-state index in [1.165, 1.54) is 0 Å². The molecule has 1 saturated heterocycles. The van der Waals surface area contributed by atoms with E-state index in [1.807, 2.05) is 18.7 Å². The van der Waals surface area contributed by atoms with Crippen LogP contribution in [-0.2, 0) is 9.53 Å². The molecule has 1 unspecified atom stereocenters. The summed E-state index contributed by atoms with van der Waals surface area (Å²) in [6, 6.07) is 0. The molecular weight excluding hydrogens is 258 g/mol. The highest BCUT2D eigenvalue weighted by molar-refractivity contribution is 6.06. The molecule has 0 saturated carbocycles. The van der Waals surface area contributed by atoms with Crippen LogP contribution in [-0.4, -0.2) is 48.7 Å². The summed E-state index contributed by atoms with van der Waals surface area (Å²) in [5.74, 6) is 0.358. The number of rotatable bonds is 6. The van der Waals surface area contributed by atoms with E-state index in [2.05, 4.69) is 5.16 Å². The summed E-state index contributed by atoms with van der Waals surface area (Å²) in [5, 5.41) is 12.1. The summed E-state index contributed by atoms with van der Waals surface area (Å²) < 4.78 is 5.19. The average Bonchev–Trinajstić information content (AvgIpc) is 2.49. The van der Waals surface area contributed by atoms with Gasteiger partial charge in [-0.15, -0.1) is 0 Å². The molecule has 0 aromatic rings. The Morgan fingerprint density at radius 3 is 2.65 bits per heavy atom. The maximum atomic E-state index is 12.8. The molecule has 1 heterocycles. The molecule has 1 atom stereocenters. The second-order valence-corrected chi connectivity index (χ2v) is 5.49. The lowest BCUT2D eigenvalue weighted by Crippen LogP contribution is -2.53. The lowest BCUT2D eigenvalue weighted by molar-refractivity contribution is -0.141. The van der Waals surface area contributed by atoms with Crippen molar-refractivity contribution in [3.8, 4) is 0 Å². The first-order chi connectivity index (χ1) is 9.55. The number of carbonyl (C=O) groups is 1. The number of piperidine rings is 1. The predicted octanol–water partition coefficient (Wildman–Crippen LogP) is 1.42. The van der Waals surface area contributed by atoms with Gasteiger partial charge in [0, 0.05) is 20.2 Å². The number of hydrogen-bond acceptors (Lipinski definition) is 4. The molecule has 0 aliphatic carbocycles. The largest absolute Gasteiger partial charge is 0.409 e. The van der Waals surface area contributed by atoms with Crippen LogP contribution in [0.4, 0.5) is 0 Å². The molecule has 1 aliphatic heterocycles. The van der Waals surface area contributed by atoms with Crippen molar-refractivity contribution >= 4 is 11.7 Å². The van der Waals surface area contributed by atoms with Crippen molar-refractivity contribution in [2.24, 2.45) is 22.2 Å². The Hall–Kier alpha value is -1.30. The zero-order valence-electron chi connectivity index (χ0n) is 12.8. The molecule has 1 fully saturated rings. The summed E-state index contributed by atoms with van der Waals surface area (Å²) in [4.78, 5) is 14.7. The Kier molecular flexibility index (Phi) is 6.26. The molecular formula is C14H27N3O3. The van der Waals surface area contributed by atoms with Crippen LogP contribution >= 0.6 is 0 Å². The number of carbonyl (C=O) groups excluding carboxylic acids is 1. The van der Waals surface area contributed by atoms with Crippen LogP contribution in [0.25, 0.3) is 0 Å². The molecule has 6 nitrogen and oxygen atoms in total. The second-order valence-electron chi connectivity index (χ2n) is 5.49. The minimum Gasteiger partial charge on any atom is -0.409 e. The molecule has 1 rings (SSSR count). The quantitative estimate of drug-likeness (QED) is 0.334. The Balaban J connectivity index is 2.90. The lowest BCUT2D eigenvalue weighted by Gasteiger charge is -2.39. The summed E-state index contributed by atoms with van der Waals surface area (Å²) >= 11 is 0. The molecule has 1 amide bonds. The fourth-order valence-electron chi connectivity index (χ4n) is 3.04. The Morgan fingerprint density at radius 1 is 1.50 bits per heavy atom. The van der Waals surface area contributed by atoms with Crippen molar-refractivity contribution in [1.29, 1.82) is 0 Å². The molecule has 0 bridgehead atoms. The maximum absolute atomic E-state index is 12.8. The standard InChI is InChI=1S/C14H27N3O3/c1-4-14(5-2,12(15)16-19)13(18)17-8-6-7-11(9-17)10-20-3/h11,19H,4-10H2,1-3H3,(H2,15,16). The van der Waals surface area contributed by atoms with E-state index in [0.717, 1.165) is 19.4 Å². The first-order valence-electron chi connectivity index (χ1n) is 7.32. The predicted molar refractivity (Wildman–Crippen MR) is 77.6 cm³/mol. The minimum absolute atomic E-state index is 0.0152. The van der Waals surface area contributed by atoms with Crippen LogP contribution in [0.2, 0.25) is 0 Å².